The van der Waals surface area contributed by atoms with E-state index in [0.29, 0.717) is 0 Å². The summed E-state index contributed by atoms with van der Waals surface area (Å²) in [4.78, 5) is 2.48. The van der Waals surface area contributed by atoms with Crippen LogP contribution in [-0.4, -0.2) is 18.6 Å². The minimum atomic E-state index is 0.144. The topological polar surface area (TPSA) is 15.3 Å². The Hall–Kier alpha value is -0.540. The lowest BCUT2D eigenvalue weighted by Gasteiger charge is -2.28. The van der Waals surface area contributed by atoms with Crippen molar-refractivity contribution in [2.75, 3.05) is 18.0 Å². The molecule has 0 bridgehead atoms. The van der Waals surface area contributed by atoms with E-state index >= 15 is 0 Å². The molecule has 0 radical (unpaired) electrons. The summed E-state index contributed by atoms with van der Waals surface area (Å²) in [6.07, 6.45) is 2.48. The lowest BCUT2D eigenvalue weighted by molar-refractivity contribution is 0.424. The second-order valence-electron chi connectivity index (χ2n) is 6.31. The molecule has 114 valence electrons. The summed E-state index contributed by atoms with van der Waals surface area (Å²) in [6.45, 7) is 14.2. The van der Waals surface area contributed by atoms with Crippen LogP contribution in [0.1, 0.15) is 53.0 Å². The van der Waals surface area contributed by atoms with Gasteiger partial charge in [-0.3, -0.25) is 0 Å². The van der Waals surface area contributed by atoms with Gasteiger partial charge in [0.05, 0.1) is 0 Å². The molecule has 1 aromatic carbocycles. The number of hydrogen-bond donors (Lipinski definition) is 1. The first-order valence-corrected chi connectivity index (χ1v) is 8.45. The van der Waals surface area contributed by atoms with Gasteiger partial charge in [0.2, 0.25) is 0 Å². The van der Waals surface area contributed by atoms with E-state index in [2.05, 4.69) is 79.0 Å². The molecule has 0 aliphatic rings. The second-order valence-corrected chi connectivity index (χ2v) is 7.23. The molecule has 1 rings (SSSR count). The van der Waals surface area contributed by atoms with E-state index in [1.165, 1.54) is 24.1 Å². The van der Waals surface area contributed by atoms with Crippen LogP contribution in [-0.2, 0) is 6.54 Å². The van der Waals surface area contributed by atoms with Crippen molar-refractivity contribution in [1.29, 1.82) is 0 Å². The molecule has 0 aliphatic heterocycles. The molecule has 0 fully saturated rings. The van der Waals surface area contributed by atoms with E-state index in [0.717, 1.165) is 24.1 Å². The number of hydrogen-bond acceptors (Lipinski definition) is 2. The molecular weight excluding hydrogens is 312 g/mol. The Kier molecular flexibility index (Phi) is 7.04. The second kappa shape index (κ2) is 8.04. The van der Waals surface area contributed by atoms with E-state index in [-0.39, 0.29) is 5.54 Å². The molecule has 0 saturated heterocycles. The molecular formula is C17H29BrN2. The highest BCUT2D eigenvalue weighted by Gasteiger charge is 2.13. The molecule has 1 aromatic rings. The van der Waals surface area contributed by atoms with Gasteiger partial charge in [0.25, 0.3) is 0 Å². The predicted molar refractivity (Wildman–Crippen MR) is 93.5 cm³/mol. The van der Waals surface area contributed by atoms with Gasteiger partial charge in [-0.25, -0.2) is 0 Å². The first-order chi connectivity index (χ1) is 9.37. The fourth-order valence-corrected chi connectivity index (χ4v) is 2.49. The first kappa shape index (κ1) is 17.5. The summed E-state index contributed by atoms with van der Waals surface area (Å²) in [5.74, 6) is 0. The average Bonchev–Trinajstić information content (AvgIpc) is 2.37. The maximum absolute atomic E-state index is 3.61. The van der Waals surface area contributed by atoms with Crippen LogP contribution in [0.2, 0.25) is 0 Å². The number of benzene rings is 1. The van der Waals surface area contributed by atoms with Gasteiger partial charge in [-0.05, 0) is 51.8 Å². The highest BCUT2D eigenvalue weighted by molar-refractivity contribution is 9.10. The smallest absolute Gasteiger partial charge is 0.0423 e. The van der Waals surface area contributed by atoms with Gasteiger partial charge < -0.3 is 10.2 Å². The van der Waals surface area contributed by atoms with Crippen LogP contribution in [0, 0.1) is 0 Å². The standard InChI is InChI=1S/C17H29BrN2/c1-6-8-11-20(7-2)16-12-15(18)10-9-14(16)13-19-17(3,4)5/h9-10,12,19H,6-8,11,13H2,1-5H3. The van der Waals surface area contributed by atoms with Crippen LogP contribution in [0.5, 0.6) is 0 Å². The van der Waals surface area contributed by atoms with E-state index < -0.39 is 0 Å². The van der Waals surface area contributed by atoms with Crippen LogP contribution >= 0.6 is 15.9 Å². The van der Waals surface area contributed by atoms with Crippen LogP contribution in [0.15, 0.2) is 22.7 Å². The summed E-state index contributed by atoms with van der Waals surface area (Å²) < 4.78 is 1.15. The van der Waals surface area contributed by atoms with Crippen molar-refractivity contribution in [2.45, 2.75) is 59.5 Å². The van der Waals surface area contributed by atoms with Crippen molar-refractivity contribution in [3.05, 3.63) is 28.2 Å². The minimum absolute atomic E-state index is 0.144. The lowest BCUT2D eigenvalue weighted by atomic mass is 10.1. The summed E-state index contributed by atoms with van der Waals surface area (Å²) in [5.41, 5.74) is 2.87. The number of nitrogens with zero attached hydrogens (tertiary/aromatic N) is 1. The van der Waals surface area contributed by atoms with Crippen LogP contribution in [0.25, 0.3) is 0 Å². The Morgan fingerprint density at radius 2 is 1.90 bits per heavy atom. The van der Waals surface area contributed by atoms with E-state index in [9.17, 15) is 0 Å². The van der Waals surface area contributed by atoms with E-state index in [1.807, 2.05) is 0 Å². The highest BCUT2D eigenvalue weighted by Crippen LogP contribution is 2.26. The summed E-state index contributed by atoms with van der Waals surface area (Å²) >= 11 is 3.61. The molecule has 0 amide bonds. The third kappa shape index (κ3) is 5.84. The monoisotopic (exact) mass is 340 g/mol. The van der Waals surface area contributed by atoms with Crippen molar-refractivity contribution in [2.24, 2.45) is 0 Å². The minimum Gasteiger partial charge on any atom is -0.372 e. The van der Waals surface area contributed by atoms with Crippen molar-refractivity contribution in [1.82, 2.24) is 5.32 Å². The molecule has 0 spiro atoms. The molecule has 0 aromatic heterocycles. The van der Waals surface area contributed by atoms with E-state index in [1.54, 1.807) is 0 Å². The number of nitrogens with one attached hydrogen (secondary N) is 1. The predicted octanol–water partition coefficient (Wildman–Crippen LogP) is 4.96. The fraction of sp³-hybridized carbons (Fsp3) is 0.647. The Labute approximate surface area is 133 Å². The molecule has 0 heterocycles. The summed E-state index contributed by atoms with van der Waals surface area (Å²) in [6, 6.07) is 6.61. The Morgan fingerprint density at radius 1 is 1.20 bits per heavy atom. The molecule has 1 N–H and O–H groups in total. The molecule has 3 heteroatoms. The van der Waals surface area contributed by atoms with Gasteiger partial charge in [0, 0.05) is 35.3 Å². The Morgan fingerprint density at radius 3 is 2.45 bits per heavy atom. The van der Waals surface area contributed by atoms with Crippen LogP contribution in [0.3, 0.4) is 0 Å². The highest BCUT2D eigenvalue weighted by atomic mass is 79.9. The zero-order valence-corrected chi connectivity index (χ0v) is 15.2. The molecule has 20 heavy (non-hydrogen) atoms. The summed E-state index contributed by atoms with van der Waals surface area (Å²) in [5, 5.41) is 3.59. The van der Waals surface area contributed by atoms with Crippen molar-refractivity contribution in [3.63, 3.8) is 0 Å². The number of halogens is 1. The van der Waals surface area contributed by atoms with E-state index in [4.69, 9.17) is 0 Å². The third-order valence-corrected chi connectivity index (χ3v) is 3.85. The molecule has 2 nitrogen and oxygen atoms in total. The van der Waals surface area contributed by atoms with Gasteiger partial charge >= 0.3 is 0 Å². The van der Waals surface area contributed by atoms with Gasteiger partial charge in [0.15, 0.2) is 0 Å². The lowest BCUT2D eigenvalue weighted by Crippen LogP contribution is -2.36. The molecule has 0 saturated carbocycles. The zero-order valence-electron chi connectivity index (χ0n) is 13.6. The first-order valence-electron chi connectivity index (χ1n) is 7.65. The molecule has 0 unspecified atom stereocenters. The molecule has 0 atom stereocenters. The summed E-state index contributed by atoms with van der Waals surface area (Å²) in [7, 11) is 0. The van der Waals surface area contributed by atoms with Gasteiger partial charge in [-0.1, -0.05) is 35.3 Å². The number of unbranched alkanes of at least 4 members (excludes halogenated alkanes) is 1. The average molecular weight is 341 g/mol. The normalized spacial score (nSPS) is 11.7. The largest absolute Gasteiger partial charge is 0.372 e. The quantitative estimate of drug-likeness (QED) is 0.754. The fourth-order valence-electron chi connectivity index (χ4n) is 2.14. The maximum atomic E-state index is 3.61. The zero-order chi connectivity index (χ0) is 15.2. The SMILES string of the molecule is CCCCN(CC)c1cc(Br)ccc1CNC(C)(C)C. The van der Waals surface area contributed by atoms with Gasteiger partial charge in [-0.2, -0.15) is 0 Å². The Bertz CT molecular complexity index is 410. The number of rotatable bonds is 7. The van der Waals surface area contributed by atoms with Gasteiger partial charge in [-0.15, -0.1) is 0 Å². The number of anilines is 1. The van der Waals surface area contributed by atoms with Crippen molar-refractivity contribution >= 4 is 21.6 Å². The maximum Gasteiger partial charge on any atom is 0.0423 e. The molecule has 0 aliphatic carbocycles. The third-order valence-electron chi connectivity index (χ3n) is 3.36. The Balaban J connectivity index is 2.93. The van der Waals surface area contributed by atoms with Crippen molar-refractivity contribution < 1.29 is 0 Å². The van der Waals surface area contributed by atoms with Gasteiger partial charge in [0.1, 0.15) is 0 Å². The van der Waals surface area contributed by atoms with Crippen molar-refractivity contribution in [3.8, 4) is 0 Å². The van der Waals surface area contributed by atoms with Crippen LogP contribution < -0.4 is 10.2 Å². The van der Waals surface area contributed by atoms with Crippen LogP contribution in [0.4, 0.5) is 5.69 Å².